The summed E-state index contributed by atoms with van der Waals surface area (Å²) in [4.78, 5) is 4.21. The van der Waals surface area contributed by atoms with Gasteiger partial charge >= 0.3 is 0 Å². The molecule has 0 aliphatic carbocycles. The highest BCUT2D eigenvalue weighted by Gasteiger charge is 2.04. The van der Waals surface area contributed by atoms with Gasteiger partial charge in [0.2, 0.25) is 0 Å². The monoisotopic (exact) mass is 216 g/mol. The first kappa shape index (κ1) is 11.6. The zero-order valence-corrected chi connectivity index (χ0v) is 9.07. The molecule has 5 heteroatoms. The summed E-state index contributed by atoms with van der Waals surface area (Å²) in [7, 11) is 0. The van der Waals surface area contributed by atoms with Crippen LogP contribution < -0.4 is 0 Å². The first-order chi connectivity index (χ1) is 6.77. The third-order valence-electron chi connectivity index (χ3n) is 1.89. The van der Waals surface area contributed by atoms with Crippen molar-refractivity contribution in [1.82, 2.24) is 9.55 Å². The van der Waals surface area contributed by atoms with Gasteiger partial charge in [-0.15, -0.1) is 0 Å². The van der Waals surface area contributed by atoms with Crippen molar-refractivity contribution in [2.75, 3.05) is 12.4 Å². The van der Waals surface area contributed by atoms with Crippen LogP contribution in [0.25, 0.3) is 0 Å². The number of aliphatic hydroxyl groups excluding tert-OH is 2. The van der Waals surface area contributed by atoms with Gasteiger partial charge < -0.3 is 14.8 Å². The molecule has 1 atom stereocenters. The average Bonchev–Trinajstić information content (AvgIpc) is 2.65. The third-order valence-corrected chi connectivity index (χ3v) is 2.98. The van der Waals surface area contributed by atoms with E-state index in [2.05, 4.69) is 16.5 Å². The largest absolute Gasteiger partial charge is 0.394 e. The number of aryl methyl sites for hydroxylation is 1. The van der Waals surface area contributed by atoms with E-state index in [9.17, 15) is 0 Å². The predicted molar refractivity (Wildman–Crippen MR) is 57.2 cm³/mol. The first-order valence-corrected chi connectivity index (χ1v) is 5.80. The number of thioether (sulfide) groups is 1. The molecule has 14 heavy (non-hydrogen) atoms. The lowest BCUT2D eigenvalue weighted by atomic mass is 10.4. The van der Waals surface area contributed by atoms with Gasteiger partial charge in [0.05, 0.1) is 18.5 Å². The van der Waals surface area contributed by atoms with E-state index in [1.54, 1.807) is 18.0 Å². The Labute approximate surface area is 88.0 Å². The van der Waals surface area contributed by atoms with Crippen molar-refractivity contribution in [3.63, 3.8) is 0 Å². The first-order valence-electron chi connectivity index (χ1n) is 4.64. The highest BCUT2D eigenvalue weighted by molar-refractivity contribution is 7.98. The van der Waals surface area contributed by atoms with Crippen molar-refractivity contribution in [2.24, 2.45) is 0 Å². The molecule has 0 bridgehead atoms. The van der Waals surface area contributed by atoms with Crippen molar-refractivity contribution in [2.45, 2.75) is 25.3 Å². The van der Waals surface area contributed by atoms with Crippen LogP contribution in [0.3, 0.4) is 0 Å². The van der Waals surface area contributed by atoms with Crippen molar-refractivity contribution in [3.8, 4) is 0 Å². The maximum Gasteiger partial charge on any atom is 0.118 e. The molecule has 0 aliphatic heterocycles. The Morgan fingerprint density at radius 2 is 2.43 bits per heavy atom. The summed E-state index contributed by atoms with van der Waals surface area (Å²) < 4.78 is 2.07. The van der Waals surface area contributed by atoms with E-state index in [0.29, 0.717) is 5.75 Å². The fourth-order valence-electron chi connectivity index (χ4n) is 1.11. The molecule has 1 aromatic rings. The van der Waals surface area contributed by atoms with E-state index in [1.165, 1.54) is 0 Å². The highest BCUT2D eigenvalue weighted by atomic mass is 32.2. The molecule has 0 fully saturated rings. The predicted octanol–water partition coefficient (Wildman–Crippen LogP) is 0.489. The molecule has 0 saturated heterocycles. The molecule has 4 nitrogen and oxygen atoms in total. The maximum atomic E-state index is 9.12. The van der Waals surface area contributed by atoms with Crippen LogP contribution in [0.4, 0.5) is 0 Å². The Kier molecular flexibility index (Phi) is 5.00. The van der Waals surface area contributed by atoms with Crippen molar-refractivity contribution in [3.05, 3.63) is 18.2 Å². The number of hydrogen-bond donors (Lipinski definition) is 2. The summed E-state index contributed by atoms with van der Waals surface area (Å²) in [6.45, 7) is 2.81. The third kappa shape index (κ3) is 3.32. The molecule has 1 aromatic heterocycles. The minimum Gasteiger partial charge on any atom is -0.394 e. The lowest BCUT2D eigenvalue weighted by Crippen LogP contribution is -2.15. The normalized spacial score (nSPS) is 13.1. The minimum absolute atomic E-state index is 0.171. The molecular weight excluding hydrogens is 200 g/mol. The number of imidazole rings is 1. The van der Waals surface area contributed by atoms with Crippen molar-refractivity contribution in [1.29, 1.82) is 0 Å². The van der Waals surface area contributed by atoms with Gasteiger partial charge in [-0.05, 0) is 6.92 Å². The van der Waals surface area contributed by atoms with E-state index in [1.807, 2.05) is 6.20 Å². The van der Waals surface area contributed by atoms with Crippen LogP contribution >= 0.6 is 11.8 Å². The number of rotatable bonds is 6. The molecule has 0 saturated carbocycles. The lowest BCUT2D eigenvalue weighted by Gasteiger charge is -2.07. The van der Waals surface area contributed by atoms with Gasteiger partial charge in [-0.25, -0.2) is 4.98 Å². The van der Waals surface area contributed by atoms with E-state index >= 15 is 0 Å². The standard InChI is InChI=1S/C9H16N2O2S/c1-2-11-4-3-10-9(11)7-14-6-8(13)5-12/h3-4,8,12-13H,2,5-7H2,1H3. The number of aliphatic hydroxyl groups is 2. The van der Waals surface area contributed by atoms with Crippen LogP contribution in [-0.4, -0.2) is 38.2 Å². The van der Waals surface area contributed by atoms with Gasteiger partial charge in [-0.2, -0.15) is 11.8 Å². The second kappa shape index (κ2) is 6.06. The van der Waals surface area contributed by atoms with Crippen LogP contribution in [0.1, 0.15) is 12.7 Å². The van der Waals surface area contributed by atoms with E-state index in [0.717, 1.165) is 18.1 Å². The molecule has 0 radical (unpaired) electrons. The van der Waals surface area contributed by atoms with Gasteiger partial charge in [0.15, 0.2) is 0 Å². The van der Waals surface area contributed by atoms with Gasteiger partial charge in [-0.3, -0.25) is 0 Å². The van der Waals surface area contributed by atoms with E-state index in [-0.39, 0.29) is 6.61 Å². The summed E-state index contributed by atoms with van der Waals surface area (Å²) in [5.41, 5.74) is 0. The van der Waals surface area contributed by atoms with E-state index in [4.69, 9.17) is 10.2 Å². The maximum absolute atomic E-state index is 9.12. The zero-order chi connectivity index (χ0) is 10.4. The number of nitrogens with zero attached hydrogens (tertiary/aromatic N) is 2. The highest BCUT2D eigenvalue weighted by Crippen LogP contribution is 2.11. The van der Waals surface area contributed by atoms with Gasteiger partial charge in [0, 0.05) is 24.7 Å². The molecule has 0 aliphatic rings. The number of hydrogen-bond acceptors (Lipinski definition) is 4. The smallest absolute Gasteiger partial charge is 0.118 e. The van der Waals surface area contributed by atoms with Gasteiger partial charge in [0.25, 0.3) is 0 Å². The Hall–Kier alpha value is -0.520. The quantitative estimate of drug-likeness (QED) is 0.726. The topological polar surface area (TPSA) is 58.3 Å². The van der Waals surface area contributed by atoms with Crippen molar-refractivity contribution < 1.29 is 10.2 Å². The summed E-state index contributed by atoms with van der Waals surface area (Å²) in [6.07, 6.45) is 3.10. The summed E-state index contributed by atoms with van der Waals surface area (Å²) in [5.74, 6) is 2.34. The molecule has 2 N–H and O–H groups in total. The second-order valence-electron chi connectivity index (χ2n) is 2.98. The van der Waals surface area contributed by atoms with E-state index < -0.39 is 6.10 Å². The van der Waals surface area contributed by atoms with Gasteiger partial charge in [0.1, 0.15) is 5.82 Å². The molecule has 0 aromatic carbocycles. The minimum atomic E-state index is -0.620. The average molecular weight is 216 g/mol. The summed E-state index contributed by atoms with van der Waals surface area (Å²) >= 11 is 1.58. The van der Waals surface area contributed by atoms with Crippen LogP contribution in [0.5, 0.6) is 0 Å². The lowest BCUT2D eigenvalue weighted by molar-refractivity contribution is 0.113. The summed E-state index contributed by atoms with van der Waals surface area (Å²) in [6, 6.07) is 0. The SMILES string of the molecule is CCn1ccnc1CSCC(O)CO. The zero-order valence-electron chi connectivity index (χ0n) is 8.26. The van der Waals surface area contributed by atoms with Crippen LogP contribution in [-0.2, 0) is 12.3 Å². The Balaban J connectivity index is 2.31. The molecule has 0 spiro atoms. The van der Waals surface area contributed by atoms with Gasteiger partial charge in [-0.1, -0.05) is 0 Å². The fourth-order valence-corrected chi connectivity index (χ4v) is 2.03. The molecule has 1 rings (SSSR count). The summed E-state index contributed by atoms with van der Waals surface area (Å²) in [5, 5.41) is 17.7. The van der Waals surface area contributed by atoms with Crippen LogP contribution in [0, 0.1) is 0 Å². The molecular formula is C9H16N2O2S. The number of aromatic nitrogens is 2. The Morgan fingerprint density at radius 1 is 1.64 bits per heavy atom. The molecule has 80 valence electrons. The van der Waals surface area contributed by atoms with Crippen molar-refractivity contribution >= 4 is 11.8 Å². The van der Waals surface area contributed by atoms with Crippen LogP contribution in [0.2, 0.25) is 0 Å². The Morgan fingerprint density at radius 3 is 3.07 bits per heavy atom. The Bertz CT molecular complexity index is 265. The molecule has 0 amide bonds. The second-order valence-corrected chi connectivity index (χ2v) is 4.01. The van der Waals surface area contributed by atoms with Crippen LogP contribution in [0.15, 0.2) is 12.4 Å². The molecule has 1 heterocycles. The molecule has 1 unspecified atom stereocenters. The fraction of sp³-hybridized carbons (Fsp3) is 0.667.